The van der Waals surface area contributed by atoms with Gasteiger partial charge in [-0.3, -0.25) is 0 Å². The van der Waals surface area contributed by atoms with Crippen LogP contribution in [0.4, 0.5) is 0 Å². The lowest BCUT2D eigenvalue weighted by Gasteiger charge is -2.32. The van der Waals surface area contributed by atoms with Crippen molar-refractivity contribution in [1.29, 1.82) is 5.26 Å². The van der Waals surface area contributed by atoms with Gasteiger partial charge in [-0.1, -0.05) is 6.92 Å². The van der Waals surface area contributed by atoms with Crippen LogP contribution in [0.25, 0.3) is 0 Å². The molecule has 1 N–H and O–H groups in total. The van der Waals surface area contributed by atoms with Gasteiger partial charge in [0, 0.05) is 19.1 Å². The Bertz CT molecular complexity index is 328. The molecule has 5 nitrogen and oxygen atoms in total. The van der Waals surface area contributed by atoms with E-state index < -0.39 is 15.8 Å². The van der Waals surface area contributed by atoms with E-state index in [1.54, 1.807) is 6.07 Å². The molecule has 15 heavy (non-hydrogen) atoms. The van der Waals surface area contributed by atoms with Crippen LogP contribution in [0, 0.1) is 11.3 Å². The first kappa shape index (κ1) is 12.4. The Morgan fingerprint density at radius 2 is 2.33 bits per heavy atom. The number of rotatable bonds is 4. The average molecular weight is 231 g/mol. The average Bonchev–Trinajstić information content (AvgIpc) is 2.19. The SMILES string of the molecule is CCN(C1CCCNC1)S(=O)(=O)CC#N. The Labute approximate surface area is 91.1 Å². The topological polar surface area (TPSA) is 73.2 Å². The van der Waals surface area contributed by atoms with E-state index in [0.717, 1.165) is 19.4 Å². The second-order valence-corrected chi connectivity index (χ2v) is 5.54. The van der Waals surface area contributed by atoms with E-state index >= 15 is 0 Å². The highest BCUT2D eigenvalue weighted by molar-refractivity contribution is 7.89. The molecule has 0 saturated carbocycles. The molecule has 0 radical (unpaired) electrons. The second-order valence-electron chi connectivity index (χ2n) is 3.62. The van der Waals surface area contributed by atoms with Crippen molar-refractivity contribution in [2.45, 2.75) is 25.8 Å². The highest BCUT2D eigenvalue weighted by Gasteiger charge is 2.29. The first-order chi connectivity index (χ1) is 7.11. The zero-order chi connectivity index (χ0) is 11.3. The van der Waals surface area contributed by atoms with Gasteiger partial charge in [0.25, 0.3) is 0 Å². The molecular weight excluding hydrogens is 214 g/mol. The molecule has 0 bridgehead atoms. The van der Waals surface area contributed by atoms with E-state index in [0.29, 0.717) is 13.1 Å². The molecule has 0 amide bonds. The molecule has 1 aliphatic heterocycles. The minimum absolute atomic E-state index is 0.0158. The van der Waals surface area contributed by atoms with E-state index in [1.807, 2.05) is 6.92 Å². The number of sulfonamides is 1. The van der Waals surface area contributed by atoms with E-state index in [4.69, 9.17) is 5.26 Å². The zero-order valence-electron chi connectivity index (χ0n) is 8.94. The molecule has 86 valence electrons. The van der Waals surface area contributed by atoms with Gasteiger partial charge < -0.3 is 5.32 Å². The number of nitriles is 1. The third-order valence-corrected chi connectivity index (χ3v) is 4.36. The smallest absolute Gasteiger partial charge is 0.227 e. The van der Waals surface area contributed by atoms with Crippen molar-refractivity contribution < 1.29 is 8.42 Å². The van der Waals surface area contributed by atoms with Crippen LogP contribution in [-0.2, 0) is 10.0 Å². The van der Waals surface area contributed by atoms with Gasteiger partial charge in [0.1, 0.15) is 0 Å². The van der Waals surface area contributed by atoms with Gasteiger partial charge in [-0.25, -0.2) is 8.42 Å². The molecule has 0 aromatic rings. The summed E-state index contributed by atoms with van der Waals surface area (Å²) in [5.41, 5.74) is 0. The minimum Gasteiger partial charge on any atom is -0.315 e. The number of hydrogen-bond acceptors (Lipinski definition) is 4. The quantitative estimate of drug-likeness (QED) is 0.734. The van der Waals surface area contributed by atoms with Crippen molar-refractivity contribution in [3.05, 3.63) is 0 Å². The van der Waals surface area contributed by atoms with Gasteiger partial charge in [-0.15, -0.1) is 0 Å². The maximum Gasteiger partial charge on any atom is 0.227 e. The molecule has 1 unspecified atom stereocenters. The van der Waals surface area contributed by atoms with E-state index in [-0.39, 0.29) is 6.04 Å². The minimum atomic E-state index is -3.39. The third-order valence-electron chi connectivity index (χ3n) is 2.59. The number of likely N-dealkylation sites (N-methyl/N-ethyl adjacent to an activating group) is 1. The van der Waals surface area contributed by atoms with Crippen LogP contribution in [-0.4, -0.2) is 44.2 Å². The number of nitrogens with zero attached hydrogens (tertiary/aromatic N) is 2. The Morgan fingerprint density at radius 1 is 1.60 bits per heavy atom. The predicted molar refractivity (Wildman–Crippen MR) is 57.7 cm³/mol. The molecule has 6 heteroatoms. The number of hydrogen-bond donors (Lipinski definition) is 1. The summed E-state index contributed by atoms with van der Waals surface area (Å²) >= 11 is 0. The van der Waals surface area contributed by atoms with Crippen LogP contribution in [0.15, 0.2) is 0 Å². The van der Waals surface area contributed by atoms with Crippen molar-refractivity contribution in [2.24, 2.45) is 0 Å². The summed E-state index contributed by atoms with van der Waals surface area (Å²) in [5.74, 6) is -0.419. The summed E-state index contributed by atoms with van der Waals surface area (Å²) in [6.07, 6.45) is 1.87. The summed E-state index contributed by atoms with van der Waals surface area (Å²) in [6.45, 7) is 3.89. The van der Waals surface area contributed by atoms with Gasteiger partial charge in [-0.05, 0) is 19.4 Å². The fourth-order valence-electron chi connectivity index (χ4n) is 1.93. The third kappa shape index (κ3) is 3.16. The molecular formula is C9H17N3O2S. The molecule has 0 aromatic carbocycles. The number of piperidine rings is 1. The molecule has 0 aliphatic carbocycles. The molecule has 1 heterocycles. The van der Waals surface area contributed by atoms with Crippen molar-refractivity contribution in [3.63, 3.8) is 0 Å². The van der Waals surface area contributed by atoms with Crippen LogP contribution < -0.4 is 5.32 Å². The fraction of sp³-hybridized carbons (Fsp3) is 0.889. The summed E-state index contributed by atoms with van der Waals surface area (Å²) < 4.78 is 24.9. The zero-order valence-corrected chi connectivity index (χ0v) is 9.76. The van der Waals surface area contributed by atoms with Crippen LogP contribution in [0.3, 0.4) is 0 Å². The highest BCUT2D eigenvalue weighted by atomic mass is 32.2. The van der Waals surface area contributed by atoms with Gasteiger partial charge >= 0.3 is 0 Å². The Morgan fingerprint density at radius 3 is 2.80 bits per heavy atom. The molecule has 0 spiro atoms. The van der Waals surface area contributed by atoms with Crippen LogP contribution >= 0.6 is 0 Å². The first-order valence-electron chi connectivity index (χ1n) is 5.19. The van der Waals surface area contributed by atoms with Crippen LogP contribution in [0.2, 0.25) is 0 Å². The van der Waals surface area contributed by atoms with Crippen molar-refractivity contribution in [2.75, 3.05) is 25.4 Å². The largest absolute Gasteiger partial charge is 0.315 e. The Balaban J connectivity index is 2.74. The van der Waals surface area contributed by atoms with Crippen LogP contribution in [0.1, 0.15) is 19.8 Å². The summed E-state index contributed by atoms with van der Waals surface area (Å²) in [7, 11) is -3.39. The monoisotopic (exact) mass is 231 g/mol. The van der Waals surface area contributed by atoms with Crippen molar-refractivity contribution in [1.82, 2.24) is 9.62 Å². The predicted octanol–water partition coefficient (Wildman–Crippen LogP) is -0.0863. The normalized spacial score (nSPS) is 22.6. The molecule has 1 fully saturated rings. The fourth-order valence-corrected chi connectivity index (χ4v) is 3.28. The lowest BCUT2D eigenvalue weighted by molar-refractivity contribution is 0.275. The van der Waals surface area contributed by atoms with E-state index in [1.165, 1.54) is 4.31 Å². The first-order valence-corrected chi connectivity index (χ1v) is 6.80. The van der Waals surface area contributed by atoms with Gasteiger partial charge in [-0.2, -0.15) is 9.57 Å². The molecule has 0 aromatic heterocycles. The van der Waals surface area contributed by atoms with Crippen molar-refractivity contribution >= 4 is 10.0 Å². The van der Waals surface area contributed by atoms with Gasteiger partial charge in [0.15, 0.2) is 5.75 Å². The summed E-state index contributed by atoms with van der Waals surface area (Å²) in [6, 6.07) is 1.73. The van der Waals surface area contributed by atoms with Crippen LogP contribution in [0.5, 0.6) is 0 Å². The second kappa shape index (κ2) is 5.45. The lowest BCUT2D eigenvalue weighted by atomic mass is 10.1. The maximum atomic E-state index is 11.7. The molecule has 1 saturated heterocycles. The van der Waals surface area contributed by atoms with Crippen molar-refractivity contribution in [3.8, 4) is 6.07 Å². The summed E-state index contributed by atoms with van der Waals surface area (Å²) in [4.78, 5) is 0. The molecule has 1 atom stereocenters. The Kier molecular flexibility index (Phi) is 4.51. The Hall–Kier alpha value is -0.640. The maximum absolute atomic E-state index is 11.7. The highest BCUT2D eigenvalue weighted by Crippen LogP contribution is 2.14. The summed E-state index contributed by atoms with van der Waals surface area (Å²) in [5, 5.41) is 11.6. The standard InChI is InChI=1S/C9H17N3O2S/c1-2-12(15(13,14)7-5-10)9-4-3-6-11-8-9/h9,11H,2-4,6-8H2,1H3. The van der Waals surface area contributed by atoms with Gasteiger partial charge in [0.05, 0.1) is 6.07 Å². The molecule has 1 rings (SSSR count). The van der Waals surface area contributed by atoms with Gasteiger partial charge in [0.2, 0.25) is 10.0 Å². The lowest BCUT2D eigenvalue weighted by Crippen LogP contribution is -2.49. The van der Waals surface area contributed by atoms with E-state index in [2.05, 4.69) is 5.32 Å². The number of nitrogens with one attached hydrogen (secondary N) is 1. The molecule has 1 aliphatic rings. The van der Waals surface area contributed by atoms with E-state index in [9.17, 15) is 8.42 Å².